The largest absolute Gasteiger partial charge is 0.379 e. The first-order chi connectivity index (χ1) is 15.5. The van der Waals surface area contributed by atoms with Crippen LogP contribution in [0, 0.1) is 13.8 Å². The van der Waals surface area contributed by atoms with Gasteiger partial charge in [0.05, 0.1) is 23.4 Å². The molecule has 0 bridgehead atoms. The number of carbonyl (C=O) groups is 1. The fourth-order valence-electron chi connectivity index (χ4n) is 4.08. The van der Waals surface area contributed by atoms with Crippen molar-refractivity contribution in [3.8, 4) is 0 Å². The average Bonchev–Trinajstić information content (AvgIpc) is 3.21. The third-order valence-corrected chi connectivity index (χ3v) is 7.55. The highest BCUT2D eigenvalue weighted by Crippen LogP contribution is 2.33. The van der Waals surface area contributed by atoms with Gasteiger partial charge in [-0.15, -0.1) is 11.8 Å². The number of aryl methyl sites for hydroxylation is 2. The molecule has 1 aromatic heterocycles. The van der Waals surface area contributed by atoms with Gasteiger partial charge in [-0.25, -0.2) is 4.98 Å². The number of carbonyl (C=O) groups excluding carboxylic acids is 1. The minimum atomic E-state index is 0.0268. The number of morpholine rings is 1. The molecule has 5 nitrogen and oxygen atoms in total. The van der Waals surface area contributed by atoms with Gasteiger partial charge in [0.25, 0.3) is 5.91 Å². The maximum atomic E-state index is 13.7. The van der Waals surface area contributed by atoms with Crippen LogP contribution in [0.4, 0.5) is 5.13 Å². The van der Waals surface area contributed by atoms with Crippen molar-refractivity contribution in [1.29, 1.82) is 0 Å². The Morgan fingerprint density at radius 2 is 2.03 bits per heavy atom. The molecule has 2 aromatic carbocycles. The van der Waals surface area contributed by atoms with Crippen LogP contribution in [0.2, 0.25) is 0 Å². The number of aromatic nitrogens is 1. The van der Waals surface area contributed by atoms with Crippen LogP contribution >= 0.6 is 23.1 Å². The monoisotopic (exact) mass is 469 g/mol. The number of anilines is 1. The van der Waals surface area contributed by atoms with Crippen LogP contribution in [0.1, 0.15) is 34.8 Å². The summed E-state index contributed by atoms with van der Waals surface area (Å²) in [5.41, 5.74) is 4.10. The fraction of sp³-hybridized carbons (Fsp3) is 0.440. The highest BCUT2D eigenvalue weighted by molar-refractivity contribution is 7.99. The number of thioether (sulfide) groups is 1. The summed E-state index contributed by atoms with van der Waals surface area (Å²) in [6, 6.07) is 12.3. The highest BCUT2D eigenvalue weighted by Gasteiger charge is 2.22. The van der Waals surface area contributed by atoms with E-state index in [0.29, 0.717) is 6.54 Å². The lowest BCUT2D eigenvalue weighted by atomic mass is 10.1. The normalized spacial score (nSPS) is 14.7. The van der Waals surface area contributed by atoms with E-state index in [-0.39, 0.29) is 5.91 Å². The molecule has 1 amide bonds. The second-order valence-corrected chi connectivity index (χ2v) is 10.5. The molecule has 0 saturated carbocycles. The topological polar surface area (TPSA) is 45.7 Å². The summed E-state index contributed by atoms with van der Waals surface area (Å²) < 4.78 is 6.60. The Hall–Kier alpha value is -1.93. The van der Waals surface area contributed by atoms with Gasteiger partial charge in [-0.1, -0.05) is 30.4 Å². The predicted molar refractivity (Wildman–Crippen MR) is 135 cm³/mol. The van der Waals surface area contributed by atoms with Gasteiger partial charge in [-0.05, 0) is 61.4 Å². The van der Waals surface area contributed by atoms with Gasteiger partial charge in [-0.3, -0.25) is 14.6 Å². The molecule has 0 spiro atoms. The van der Waals surface area contributed by atoms with Crippen molar-refractivity contribution in [2.24, 2.45) is 0 Å². The average molecular weight is 470 g/mol. The first-order valence-corrected chi connectivity index (χ1v) is 13.1. The maximum absolute atomic E-state index is 13.7. The molecular weight excluding hydrogens is 438 g/mol. The van der Waals surface area contributed by atoms with Crippen LogP contribution in [0.25, 0.3) is 10.2 Å². The fourth-order valence-corrected chi connectivity index (χ4v) is 5.96. The Bertz CT molecular complexity index is 1080. The van der Waals surface area contributed by atoms with Crippen molar-refractivity contribution in [3.63, 3.8) is 0 Å². The molecule has 1 aliphatic rings. The van der Waals surface area contributed by atoms with E-state index in [0.717, 1.165) is 76.4 Å². The molecule has 0 atom stereocenters. The number of rotatable bonds is 8. The van der Waals surface area contributed by atoms with Gasteiger partial charge in [0.1, 0.15) is 0 Å². The van der Waals surface area contributed by atoms with Crippen LogP contribution in [-0.4, -0.2) is 60.9 Å². The van der Waals surface area contributed by atoms with Gasteiger partial charge in [0.15, 0.2) is 5.13 Å². The molecule has 1 saturated heterocycles. The van der Waals surface area contributed by atoms with Crippen molar-refractivity contribution in [1.82, 2.24) is 9.88 Å². The van der Waals surface area contributed by atoms with Crippen LogP contribution in [0.3, 0.4) is 0 Å². The SMILES string of the molecule is CCSc1cccc(C(=O)N(CCCN2CCOCC2)c2nc3c(C)cc(C)cc3s2)c1. The van der Waals surface area contributed by atoms with Gasteiger partial charge >= 0.3 is 0 Å². The summed E-state index contributed by atoms with van der Waals surface area (Å²) in [5.74, 6) is 1.01. The van der Waals surface area contributed by atoms with Crippen LogP contribution < -0.4 is 4.90 Å². The first-order valence-electron chi connectivity index (χ1n) is 11.3. The minimum absolute atomic E-state index is 0.0268. The Morgan fingerprint density at radius 1 is 1.22 bits per heavy atom. The number of amides is 1. The lowest BCUT2D eigenvalue weighted by Gasteiger charge is -2.27. The van der Waals surface area contributed by atoms with Gasteiger partial charge in [0, 0.05) is 36.6 Å². The van der Waals surface area contributed by atoms with E-state index in [4.69, 9.17) is 9.72 Å². The van der Waals surface area contributed by atoms with E-state index in [1.54, 1.807) is 23.1 Å². The van der Waals surface area contributed by atoms with Crippen molar-refractivity contribution >= 4 is 44.4 Å². The summed E-state index contributed by atoms with van der Waals surface area (Å²) in [6.07, 6.45) is 0.906. The zero-order chi connectivity index (χ0) is 22.5. The Kier molecular flexibility index (Phi) is 7.84. The molecule has 7 heteroatoms. The predicted octanol–water partition coefficient (Wildman–Crippen LogP) is 5.39. The number of benzene rings is 2. The van der Waals surface area contributed by atoms with E-state index in [1.807, 2.05) is 23.1 Å². The standard InChI is InChI=1S/C25H31N3O2S2/c1-4-31-21-8-5-7-20(17-21)24(29)28(10-6-9-27-11-13-30-14-12-27)25-26-23-19(3)15-18(2)16-22(23)32-25/h5,7-8,15-17H,4,6,9-14H2,1-3H3. The number of nitrogens with zero attached hydrogens (tertiary/aromatic N) is 3. The van der Waals surface area contributed by atoms with Gasteiger partial charge in [0.2, 0.25) is 0 Å². The maximum Gasteiger partial charge on any atom is 0.260 e. The Balaban J connectivity index is 1.60. The molecule has 0 aliphatic carbocycles. The van der Waals surface area contributed by atoms with E-state index in [9.17, 15) is 4.79 Å². The molecule has 0 N–H and O–H groups in total. The van der Waals surface area contributed by atoms with Crippen molar-refractivity contribution < 1.29 is 9.53 Å². The first kappa shape index (κ1) is 23.2. The summed E-state index contributed by atoms with van der Waals surface area (Å²) in [6.45, 7) is 11.4. The molecule has 32 heavy (non-hydrogen) atoms. The second kappa shape index (κ2) is 10.8. The third kappa shape index (κ3) is 5.52. The van der Waals surface area contributed by atoms with Crippen LogP contribution in [0.5, 0.6) is 0 Å². The number of hydrogen-bond acceptors (Lipinski definition) is 6. The van der Waals surface area contributed by atoms with E-state index in [2.05, 4.69) is 43.9 Å². The number of thiazole rings is 1. The van der Waals surface area contributed by atoms with Crippen LogP contribution in [-0.2, 0) is 4.74 Å². The molecular formula is C25H31N3O2S2. The molecule has 2 heterocycles. The molecule has 170 valence electrons. The summed E-state index contributed by atoms with van der Waals surface area (Å²) in [7, 11) is 0. The third-order valence-electron chi connectivity index (χ3n) is 5.65. The van der Waals surface area contributed by atoms with Crippen molar-refractivity contribution in [2.45, 2.75) is 32.1 Å². The van der Waals surface area contributed by atoms with E-state index >= 15 is 0 Å². The lowest BCUT2D eigenvalue weighted by molar-refractivity contribution is 0.0376. The molecule has 4 rings (SSSR count). The summed E-state index contributed by atoms with van der Waals surface area (Å²) in [5, 5.41) is 0.786. The Labute approximate surface area is 198 Å². The molecule has 0 radical (unpaired) electrons. The molecule has 0 unspecified atom stereocenters. The minimum Gasteiger partial charge on any atom is -0.379 e. The molecule has 1 aliphatic heterocycles. The molecule has 3 aromatic rings. The Morgan fingerprint density at radius 3 is 2.81 bits per heavy atom. The summed E-state index contributed by atoms with van der Waals surface area (Å²) >= 11 is 3.37. The number of fused-ring (bicyclic) bond motifs is 1. The molecule has 1 fully saturated rings. The highest BCUT2D eigenvalue weighted by atomic mass is 32.2. The zero-order valence-electron chi connectivity index (χ0n) is 19.1. The van der Waals surface area contributed by atoms with E-state index < -0.39 is 0 Å². The van der Waals surface area contributed by atoms with Crippen LogP contribution in [0.15, 0.2) is 41.3 Å². The zero-order valence-corrected chi connectivity index (χ0v) is 20.7. The summed E-state index contributed by atoms with van der Waals surface area (Å²) in [4.78, 5) is 24.0. The van der Waals surface area contributed by atoms with Crippen molar-refractivity contribution in [2.75, 3.05) is 50.0 Å². The van der Waals surface area contributed by atoms with Crippen molar-refractivity contribution in [3.05, 3.63) is 53.1 Å². The van der Waals surface area contributed by atoms with Gasteiger partial charge < -0.3 is 4.74 Å². The van der Waals surface area contributed by atoms with E-state index in [1.165, 1.54) is 5.56 Å². The number of hydrogen-bond donors (Lipinski definition) is 0. The second-order valence-electron chi connectivity index (χ2n) is 8.15. The smallest absolute Gasteiger partial charge is 0.260 e. The van der Waals surface area contributed by atoms with Gasteiger partial charge in [-0.2, -0.15) is 0 Å². The number of ether oxygens (including phenoxy) is 1. The lowest BCUT2D eigenvalue weighted by Crippen LogP contribution is -2.39. The quantitative estimate of drug-likeness (QED) is 0.414.